The molecule has 0 unspecified atom stereocenters. The summed E-state index contributed by atoms with van der Waals surface area (Å²) in [4.78, 5) is 23.9. The summed E-state index contributed by atoms with van der Waals surface area (Å²) < 4.78 is 0. The number of hydrogen-bond acceptors (Lipinski definition) is 3. The van der Waals surface area contributed by atoms with Gasteiger partial charge in [0.05, 0.1) is 6.54 Å². The van der Waals surface area contributed by atoms with Gasteiger partial charge in [0.2, 0.25) is 5.91 Å². The Labute approximate surface area is 143 Å². The fraction of sp³-hybridized carbons (Fsp3) is 0.579. The van der Waals surface area contributed by atoms with Crippen molar-refractivity contribution in [1.82, 2.24) is 10.6 Å². The number of fused-ring (bicyclic) bond motifs is 1. The van der Waals surface area contributed by atoms with Gasteiger partial charge in [0, 0.05) is 18.7 Å². The highest BCUT2D eigenvalue weighted by Gasteiger charge is 2.16. The lowest BCUT2D eigenvalue weighted by atomic mass is 9.89. The van der Waals surface area contributed by atoms with Crippen molar-refractivity contribution in [3.63, 3.8) is 0 Å². The number of carbonyl (C=O) groups is 2. The molecule has 1 aromatic carbocycles. The van der Waals surface area contributed by atoms with E-state index in [0.29, 0.717) is 12.1 Å². The largest absolute Gasteiger partial charge is 0.396 e. The second-order valence-electron chi connectivity index (χ2n) is 7.30. The molecule has 0 saturated carbocycles. The first-order valence-corrected chi connectivity index (χ1v) is 8.69. The highest BCUT2D eigenvalue weighted by Crippen LogP contribution is 2.22. The minimum atomic E-state index is -0.207. The van der Waals surface area contributed by atoms with E-state index in [1.165, 1.54) is 11.1 Å². The van der Waals surface area contributed by atoms with E-state index in [4.69, 9.17) is 0 Å². The predicted octanol–water partition coefficient (Wildman–Crippen LogP) is 1.82. The highest BCUT2D eigenvalue weighted by atomic mass is 16.3. The summed E-state index contributed by atoms with van der Waals surface area (Å²) >= 11 is 0. The number of amides is 2. The molecule has 132 valence electrons. The molecule has 3 N–H and O–H groups in total. The van der Waals surface area contributed by atoms with Crippen LogP contribution < -0.4 is 10.6 Å². The first-order chi connectivity index (χ1) is 11.4. The normalized spacial score (nSPS) is 13.5. The molecule has 24 heavy (non-hydrogen) atoms. The minimum absolute atomic E-state index is 0.0146. The summed E-state index contributed by atoms with van der Waals surface area (Å²) in [6.07, 6.45) is 4.91. The summed E-state index contributed by atoms with van der Waals surface area (Å²) in [5.74, 6) is -0.396. The van der Waals surface area contributed by atoms with Gasteiger partial charge in [0.1, 0.15) is 0 Å². The SMILES string of the molecule is CC(C)(CO)CCCNC(=O)CNC(=O)c1ccc2c(c1)CCC2. The molecule has 5 heteroatoms. The topological polar surface area (TPSA) is 78.4 Å². The van der Waals surface area contributed by atoms with E-state index in [1.54, 1.807) is 0 Å². The smallest absolute Gasteiger partial charge is 0.251 e. The lowest BCUT2D eigenvalue weighted by Gasteiger charge is -2.21. The third kappa shape index (κ3) is 5.34. The molecule has 0 spiro atoms. The molecule has 0 atom stereocenters. The fourth-order valence-electron chi connectivity index (χ4n) is 2.91. The summed E-state index contributed by atoms with van der Waals surface area (Å²) in [5, 5.41) is 14.6. The van der Waals surface area contributed by atoms with Crippen LogP contribution in [0.3, 0.4) is 0 Å². The van der Waals surface area contributed by atoms with Crippen molar-refractivity contribution < 1.29 is 14.7 Å². The van der Waals surface area contributed by atoms with Crippen molar-refractivity contribution in [3.05, 3.63) is 34.9 Å². The zero-order valence-corrected chi connectivity index (χ0v) is 14.7. The predicted molar refractivity (Wildman–Crippen MR) is 93.9 cm³/mol. The van der Waals surface area contributed by atoms with Crippen LogP contribution in [0.4, 0.5) is 0 Å². The third-order valence-electron chi connectivity index (χ3n) is 4.55. The van der Waals surface area contributed by atoms with Crippen molar-refractivity contribution >= 4 is 11.8 Å². The van der Waals surface area contributed by atoms with Crippen molar-refractivity contribution in [2.75, 3.05) is 19.7 Å². The lowest BCUT2D eigenvalue weighted by molar-refractivity contribution is -0.120. The number of hydrogen-bond donors (Lipinski definition) is 3. The molecular weight excluding hydrogens is 304 g/mol. The second-order valence-corrected chi connectivity index (χ2v) is 7.30. The van der Waals surface area contributed by atoms with E-state index < -0.39 is 0 Å². The van der Waals surface area contributed by atoms with E-state index >= 15 is 0 Å². The van der Waals surface area contributed by atoms with E-state index in [2.05, 4.69) is 10.6 Å². The third-order valence-corrected chi connectivity index (χ3v) is 4.55. The standard InChI is InChI=1S/C19H28N2O3/c1-19(2,13-22)9-4-10-20-17(23)12-21-18(24)16-8-7-14-5-3-6-15(14)11-16/h7-8,11,22H,3-6,9-10,12-13H2,1-2H3,(H,20,23)(H,21,24). The van der Waals surface area contributed by atoms with Crippen LogP contribution in [0.1, 0.15) is 54.6 Å². The maximum Gasteiger partial charge on any atom is 0.251 e. The molecule has 2 rings (SSSR count). The Morgan fingerprint density at radius 1 is 1.17 bits per heavy atom. The molecule has 1 aliphatic rings. The number of aliphatic hydroxyl groups is 1. The zero-order valence-electron chi connectivity index (χ0n) is 14.7. The van der Waals surface area contributed by atoms with Gasteiger partial charge in [-0.3, -0.25) is 9.59 Å². The van der Waals surface area contributed by atoms with Crippen LogP contribution in [0, 0.1) is 5.41 Å². The van der Waals surface area contributed by atoms with Crippen LogP contribution in [-0.2, 0) is 17.6 Å². The van der Waals surface area contributed by atoms with Crippen molar-refractivity contribution in [2.24, 2.45) is 5.41 Å². The Hall–Kier alpha value is -1.88. The Bertz CT molecular complexity index is 596. The van der Waals surface area contributed by atoms with Gasteiger partial charge in [-0.05, 0) is 60.8 Å². The monoisotopic (exact) mass is 332 g/mol. The number of nitrogens with one attached hydrogen (secondary N) is 2. The van der Waals surface area contributed by atoms with Gasteiger partial charge in [0.25, 0.3) is 5.91 Å². The van der Waals surface area contributed by atoms with E-state index in [-0.39, 0.29) is 30.4 Å². The Morgan fingerprint density at radius 2 is 1.92 bits per heavy atom. The number of carbonyl (C=O) groups excluding carboxylic acids is 2. The van der Waals surface area contributed by atoms with Crippen LogP contribution >= 0.6 is 0 Å². The second kappa shape index (κ2) is 8.29. The van der Waals surface area contributed by atoms with E-state index in [9.17, 15) is 14.7 Å². The zero-order chi connectivity index (χ0) is 17.6. The van der Waals surface area contributed by atoms with Crippen LogP contribution in [0.2, 0.25) is 0 Å². The van der Waals surface area contributed by atoms with Crippen molar-refractivity contribution in [3.8, 4) is 0 Å². The van der Waals surface area contributed by atoms with Crippen LogP contribution in [0.25, 0.3) is 0 Å². The van der Waals surface area contributed by atoms with E-state index in [1.807, 2.05) is 32.0 Å². The molecule has 0 bridgehead atoms. The molecule has 0 saturated heterocycles. The average molecular weight is 332 g/mol. The first-order valence-electron chi connectivity index (χ1n) is 8.69. The molecule has 1 aliphatic carbocycles. The van der Waals surface area contributed by atoms with Gasteiger partial charge in [0.15, 0.2) is 0 Å². The summed E-state index contributed by atoms with van der Waals surface area (Å²) in [6, 6.07) is 5.78. The van der Waals surface area contributed by atoms with Crippen LogP contribution in [0.15, 0.2) is 18.2 Å². The Kier molecular flexibility index (Phi) is 6.37. The van der Waals surface area contributed by atoms with Crippen LogP contribution in [-0.4, -0.2) is 36.6 Å². The number of benzene rings is 1. The van der Waals surface area contributed by atoms with Crippen molar-refractivity contribution in [2.45, 2.75) is 46.0 Å². The van der Waals surface area contributed by atoms with Crippen LogP contribution in [0.5, 0.6) is 0 Å². The molecule has 5 nitrogen and oxygen atoms in total. The summed E-state index contributed by atoms with van der Waals surface area (Å²) in [7, 11) is 0. The highest BCUT2D eigenvalue weighted by molar-refractivity contribution is 5.96. The minimum Gasteiger partial charge on any atom is -0.396 e. The molecule has 2 amide bonds. The summed E-state index contributed by atoms with van der Waals surface area (Å²) in [6.45, 7) is 4.66. The molecular formula is C19H28N2O3. The van der Waals surface area contributed by atoms with E-state index in [0.717, 1.165) is 32.1 Å². The number of rotatable bonds is 8. The van der Waals surface area contributed by atoms with Crippen molar-refractivity contribution in [1.29, 1.82) is 0 Å². The molecule has 0 radical (unpaired) electrons. The number of aryl methyl sites for hydroxylation is 2. The quantitative estimate of drug-likeness (QED) is 0.636. The van der Waals surface area contributed by atoms with Gasteiger partial charge >= 0.3 is 0 Å². The van der Waals surface area contributed by atoms with Gasteiger partial charge < -0.3 is 15.7 Å². The van der Waals surface area contributed by atoms with Gasteiger partial charge in [-0.25, -0.2) is 0 Å². The first kappa shape index (κ1) is 18.5. The Morgan fingerprint density at radius 3 is 2.67 bits per heavy atom. The molecule has 0 aliphatic heterocycles. The lowest BCUT2D eigenvalue weighted by Crippen LogP contribution is -2.37. The van der Waals surface area contributed by atoms with Gasteiger partial charge in [-0.2, -0.15) is 0 Å². The maximum absolute atomic E-state index is 12.1. The maximum atomic E-state index is 12.1. The Balaban J connectivity index is 1.69. The molecule has 1 aromatic rings. The molecule has 0 heterocycles. The number of aliphatic hydroxyl groups excluding tert-OH is 1. The van der Waals surface area contributed by atoms with Gasteiger partial charge in [-0.1, -0.05) is 19.9 Å². The summed E-state index contributed by atoms with van der Waals surface area (Å²) in [5.41, 5.74) is 3.08. The van der Waals surface area contributed by atoms with Gasteiger partial charge in [-0.15, -0.1) is 0 Å². The fourth-order valence-corrected chi connectivity index (χ4v) is 2.91. The molecule has 0 aromatic heterocycles. The average Bonchev–Trinajstić information content (AvgIpc) is 3.04. The molecule has 0 fully saturated rings.